The van der Waals surface area contributed by atoms with Crippen LogP contribution in [0.1, 0.15) is 20.8 Å². The Morgan fingerprint density at radius 2 is 1.83 bits per heavy atom. The topological polar surface area (TPSA) is 57.6 Å². The standard InChI is InChI=1S/C8H15NO3/c1-6(10)9(4)5-8(2,3)7(11)12/h5H2,1-4H3,(H,11,12). The van der Waals surface area contributed by atoms with E-state index in [2.05, 4.69) is 0 Å². The molecule has 0 aliphatic rings. The summed E-state index contributed by atoms with van der Waals surface area (Å²) >= 11 is 0. The van der Waals surface area contributed by atoms with Gasteiger partial charge in [-0.05, 0) is 13.8 Å². The number of aliphatic carboxylic acids is 1. The lowest BCUT2D eigenvalue weighted by Gasteiger charge is -2.25. The van der Waals surface area contributed by atoms with Gasteiger partial charge in [0.05, 0.1) is 5.41 Å². The molecule has 4 nitrogen and oxygen atoms in total. The fraction of sp³-hybridized carbons (Fsp3) is 0.750. The molecule has 1 N–H and O–H groups in total. The molecule has 0 saturated carbocycles. The molecular formula is C8H15NO3. The van der Waals surface area contributed by atoms with E-state index in [1.54, 1.807) is 20.9 Å². The molecule has 0 fully saturated rings. The highest BCUT2D eigenvalue weighted by Gasteiger charge is 2.29. The van der Waals surface area contributed by atoms with Crippen LogP contribution in [0.3, 0.4) is 0 Å². The number of carbonyl (C=O) groups excluding carboxylic acids is 1. The Morgan fingerprint density at radius 3 is 2.08 bits per heavy atom. The zero-order valence-electron chi connectivity index (χ0n) is 7.92. The van der Waals surface area contributed by atoms with Gasteiger partial charge in [0.15, 0.2) is 0 Å². The fourth-order valence-electron chi connectivity index (χ4n) is 0.772. The molecule has 0 aliphatic carbocycles. The van der Waals surface area contributed by atoms with Crippen LogP contribution >= 0.6 is 0 Å². The second-order valence-electron chi connectivity index (χ2n) is 3.56. The van der Waals surface area contributed by atoms with Crippen LogP contribution in [0, 0.1) is 5.41 Å². The van der Waals surface area contributed by atoms with Crippen molar-refractivity contribution in [3.63, 3.8) is 0 Å². The predicted octanol–water partition coefficient (Wildman–Crippen LogP) is 0.575. The maximum Gasteiger partial charge on any atom is 0.310 e. The molecule has 0 aliphatic heterocycles. The molecule has 0 rings (SSSR count). The predicted molar refractivity (Wildman–Crippen MR) is 44.7 cm³/mol. The van der Waals surface area contributed by atoms with Crippen molar-refractivity contribution in [1.82, 2.24) is 4.90 Å². The maximum absolute atomic E-state index is 10.8. The van der Waals surface area contributed by atoms with Gasteiger partial charge in [-0.25, -0.2) is 0 Å². The molecule has 1 amide bonds. The van der Waals surface area contributed by atoms with Gasteiger partial charge in [0.1, 0.15) is 0 Å². The first-order valence-corrected chi connectivity index (χ1v) is 3.72. The van der Waals surface area contributed by atoms with Crippen molar-refractivity contribution >= 4 is 11.9 Å². The minimum absolute atomic E-state index is 0.121. The lowest BCUT2D eigenvalue weighted by Crippen LogP contribution is -2.39. The van der Waals surface area contributed by atoms with Crippen molar-refractivity contribution in [3.05, 3.63) is 0 Å². The normalized spacial score (nSPS) is 11.0. The van der Waals surface area contributed by atoms with Gasteiger partial charge < -0.3 is 10.0 Å². The van der Waals surface area contributed by atoms with Crippen LogP contribution in [0.5, 0.6) is 0 Å². The molecule has 0 spiro atoms. The molecule has 12 heavy (non-hydrogen) atoms. The highest BCUT2D eigenvalue weighted by molar-refractivity contribution is 5.77. The number of nitrogens with zero attached hydrogens (tertiary/aromatic N) is 1. The summed E-state index contributed by atoms with van der Waals surface area (Å²) in [6.07, 6.45) is 0. The van der Waals surface area contributed by atoms with Crippen LogP contribution in [-0.2, 0) is 9.59 Å². The highest BCUT2D eigenvalue weighted by Crippen LogP contribution is 2.16. The monoisotopic (exact) mass is 173 g/mol. The molecule has 0 atom stereocenters. The fourth-order valence-corrected chi connectivity index (χ4v) is 0.772. The Hall–Kier alpha value is -1.06. The molecule has 0 bridgehead atoms. The van der Waals surface area contributed by atoms with Gasteiger partial charge in [-0.1, -0.05) is 0 Å². The van der Waals surface area contributed by atoms with Crippen LogP contribution in [0.4, 0.5) is 0 Å². The van der Waals surface area contributed by atoms with Crippen molar-refractivity contribution in [2.75, 3.05) is 13.6 Å². The van der Waals surface area contributed by atoms with Crippen molar-refractivity contribution < 1.29 is 14.7 Å². The van der Waals surface area contributed by atoms with E-state index in [0.29, 0.717) is 0 Å². The maximum atomic E-state index is 10.8. The summed E-state index contributed by atoms with van der Waals surface area (Å²) in [5, 5.41) is 8.73. The highest BCUT2D eigenvalue weighted by atomic mass is 16.4. The first kappa shape index (κ1) is 10.9. The molecule has 4 heteroatoms. The Morgan fingerprint density at radius 1 is 1.42 bits per heavy atom. The Labute approximate surface area is 72.2 Å². The summed E-state index contributed by atoms with van der Waals surface area (Å²) in [4.78, 5) is 22.8. The second kappa shape index (κ2) is 3.56. The average Bonchev–Trinajstić information content (AvgIpc) is 1.85. The first-order chi connectivity index (χ1) is 5.27. The van der Waals surface area contributed by atoms with Crippen LogP contribution in [0.25, 0.3) is 0 Å². The quantitative estimate of drug-likeness (QED) is 0.679. The molecule has 0 saturated heterocycles. The molecule has 0 aromatic rings. The summed E-state index contributed by atoms with van der Waals surface area (Å²) in [6.45, 7) is 4.83. The summed E-state index contributed by atoms with van der Waals surface area (Å²) in [5.41, 5.74) is -0.875. The minimum atomic E-state index is -0.893. The molecule has 0 aromatic heterocycles. The van der Waals surface area contributed by atoms with E-state index < -0.39 is 11.4 Å². The number of carboxylic acids is 1. The van der Waals surface area contributed by atoms with Gasteiger partial charge in [-0.3, -0.25) is 9.59 Å². The van der Waals surface area contributed by atoms with Crippen LogP contribution < -0.4 is 0 Å². The van der Waals surface area contributed by atoms with E-state index in [4.69, 9.17) is 5.11 Å². The first-order valence-electron chi connectivity index (χ1n) is 3.72. The van der Waals surface area contributed by atoms with Crippen molar-refractivity contribution in [1.29, 1.82) is 0 Å². The zero-order valence-corrected chi connectivity index (χ0v) is 7.92. The van der Waals surface area contributed by atoms with E-state index in [1.165, 1.54) is 11.8 Å². The van der Waals surface area contributed by atoms with Gasteiger partial charge in [-0.15, -0.1) is 0 Å². The smallest absolute Gasteiger partial charge is 0.310 e. The van der Waals surface area contributed by atoms with Gasteiger partial charge >= 0.3 is 5.97 Å². The third-order valence-electron chi connectivity index (χ3n) is 1.75. The number of carbonyl (C=O) groups is 2. The second-order valence-corrected chi connectivity index (χ2v) is 3.56. The summed E-state index contributed by atoms with van der Waals surface area (Å²) in [7, 11) is 1.59. The van der Waals surface area contributed by atoms with Crippen LogP contribution in [0.2, 0.25) is 0 Å². The van der Waals surface area contributed by atoms with Crippen LogP contribution in [0.15, 0.2) is 0 Å². The average molecular weight is 173 g/mol. The number of rotatable bonds is 3. The molecule has 0 aromatic carbocycles. The number of carboxylic acid groups (broad SMARTS) is 1. The summed E-state index contributed by atoms with van der Waals surface area (Å²) in [6, 6.07) is 0. The van der Waals surface area contributed by atoms with Crippen molar-refractivity contribution in [2.45, 2.75) is 20.8 Å². The Kier molecular flexibility index (Phi) is 3.24. The summed E-state index contributed by atoms with van der Waals surface area (Å²) in [5.74, 6) is -1.01. The van der Waals surface area contributed by atoms with E-state index in [1.807, 2.05) is 0 Å². The van der Waals surface area contributed by atoms with E-state index in [9.17, 15) is 9.59 Å². The van der Waals surface area contributed by atoms with Crippen molar-refractivity contribution in [3.8, 4) is 0 Å². The summed E-state index contributed by atoms with van der Waals surface area (Å²) < 4.78 is 0. The van der Waals surface area contributed by atoms with E-state index in [-0.39, 0.29) is 12.5 Å². The Balaban J connectivity index is 4.24. The van der Waals surface area contributed by atoms with Gasteiger partial charge in [0.25, 0.3) is 0 Å². The van der Waals surface area contributed by atoms with Gasteiger partial charge in [-0.2, -0.15) is 0 Å². The molecule has 0 heterocycles. The van der Waals surface area contributed by atoms with E-state index >= 15 is 0 Å². The lowest BCUT2D eigenvalue weighted by molar-refractivity contribution is -0.148. The SMILES string of the molecule is CC(=O)N(C)CC(C)(C)C(=O)O. The molecule has 0 radical (unpaired) electrons. The number of hydrogen-bond donors (Lipinski definition) is 1. The van der Waals surface area contributed by atoms with Gasteiger partial charge in [0.2, 0.25) is 5.91 Å². The largest absolute Gasteiger partial charge is 0.481 e. The molecule has 70 valence electrons. The molecule has 0 unspecified atom stereocenters. The Bertz CT molecular complexity index is 198. The van der Waals surface area contributed by atoms with Crippen LogP contribution in [-0.4, -0.2) is 35.5 Å². The number of amides is 1. The lowest BCUT2D eigenvalue weighted by atomic mass is 9.93. The number of hydrogen-bond acceptors (Lipinski definition) is 2. The van der Waals surface area contributed by atoms with Gasteiger partial charge in [0, 0.05) is 20.5 Å². The molecular weight excluding hydrogens is 158 g/mol. The minimum Gasteiger partial charge on any atom is -0.481 e. The van der Waals surface area contributed by atoms with Crippen molar-refractivity contribution in [2.24, 2.45) is 5.41 Å². The zero-order chi connectivity index (χ0) is 9.94. The third-order valence-corrected chi connectivity index (χ3v) is 1.75. The van der Waals surface area contributed by atoms with E-state index in [0.717, 1.165) is 0 Å². The third kappa shape index (κ3) is 2.90.